The maximum atomic E-state index is 12.0. The Morgan fingerprint density at radius 2 is 1.95 bits per heavy atom. The number of carbonyl (C=O) groups excluding carboxylic acids is 1. The van der Waals surface area contributed by atoms with Gasteiger partial charge in [0.15, 0.2) is 5.17 Å². The summed E-state index contributed by atoms with van der Waals surface area (Å²) in [5.74, 6) is -1.34. The van der Waals surface area contributed by atoms with Crippen LogP contribution >= 0.6 is 34.8 Å². The second-order valence-electron chi connectivity index (χ2n) is 3.81. The molecule has 0 unspecified atom stereocenters. The van der Waals surface area contributed by atoms with Gasteiger partial charge in [0, 0.05) is 5.02 Å². The monoisotopic (exact) mass is 346 g/mol. The molecule has 110 valence electrons. The zero-order chi connectivity index (χ0) is 15.5. The van der Waals surface area contributed by atoms with E-state index >= 15 is 0 Å². The Balaban J connectivity index is 2.85. The number of halogens is 6. The summed E-state index contributed by atoms with van der Waals surface area (Å²) in [4.78, 5) is 11.1. The lowest BCUT2D eigenvalue weighted by Crippen LogP contribution is -2.19. The van der Waals surface area contributed by atoms with Gasteiger partial charge >= 0.3 is 6.18 Å². The molecule has 0 aliphatic carbocycles. The van der Waals surface area contributed by atoms with Crippen molar-refractivity contribution in [2.75, 3.05) is 5.43 Å². The lowest BCUT2D eigenvalue weighted by atomic mass is 10.2. The zero-order valence-electron chi connectivity index (χ0n) is 9.99. The number of hydrazone groups is 1. The summed E-state index contributed by atoms with van der Waals surface area (Å²) in [7, 11) is 0. The maximum Gasteiger partial charge on any atom is 0.396 e. The average molecular weight is 348 g/mol. The summed E-state index contributed by atoms with van der Waals surface area (Å²) in [6.07, 6.45) is -6.31. The van der Waals surface area contributed by atoms with Crippen LogP contribution in [-0.4, -0.2) is 17.1 Å². The van der Waals surface area contributed by atoms with Crippen LogP contribution < -0.4 is 5.43 Å². The van der Waals surface area contributed by atoms with E-state index < -0.39 is 23.6 Å². The molecule has 0 fully saturated rings. The Morgan fingerprint density at radius 1 is 1.35 bits per heavy atom. The third kappa shape index (κ3) is 5.19. The van der Waals surface area contributed by atoms with Crippen molar-refractivity contribution in [3.05, 3.63) is 27.7 Å². The van der Waals surface area contributed by atoms with Crippen molar-refractivity contribution >= 4 is 51.4 Å². The molecule has 1 aromatic carbocycles. The molecule has 0 amide bonds. The number of Topliss-reactive ketones (excluding diaryl/α,β-unsaturated/α-hetero) is 1. The minimum atomic E-state index is -4.64. The van der Waals surface area contributed by atoms with E-state index in [0.29, 0.717) is 16.3 Å². The van der Waals surface area contributed by atoms with Crippen LogP contribution in [-0.2, 0) is 4.79 Å². The van der Waals surface area contributed by atoms with Crippen molar-refractivity contribution in [1.29, 1.82) is 0 Å². The fourth-order valence-electron chi connectivity index (χ4n) is 1.27. The highest BCUT2D eigenvalue weighted by Crippen LogP contribution is 2.29. The molecule has 1 N–H and O–H groups in total. The Hall–Kier alpha value is -0.980. The normalized spacial score (nSPS) is 12.4. The van der Waals surface area contributed by atoms with Crippen LogP contribution in [0.15, 0.2) is 17.2 Å². The molecule has 0 heterocycles. The molecule has 1 aromatic rings. The second-order valence-corrected chi connectivity index (χ2v) is 5.01. The first-order valence-corrected chi connectivity index (χ1v) is 6.28. The Morgan fingerprint density at radius 3 is 2.45 bits per heavy atom. The first-order chi connectivity index (χ1) is 9.10. The highest BCUT2D eigenvalue weighted by molar-refractivity contribution is 6.83. The zero-order valence-corrected chi connectivity index (χ0v) is 12.3. The standard InChI is InChI=1S/C11H8Cl3F3N2O/c1-5-2-6(12)3-7(13)9(5)18-19-10(14)8(20)4-11(15,16)17/h2-3,18H,4H2,1H3. The number of alkyl halides is 3. The molecule has 20 heavy (non-hydrogen) atoms. The highest BCUT2D eigenvalue weighted by Gasteiger charge is 2.32. The van der Waals surface area contributed by atoms with Crippen molar-refractivity contribution in [2.24, 2.45) is 5.10 Å². The van der Waals surface area contributed by atoms with Crippen LogP contribution in [0.5, 0.6) is 0 Å². The summed E-state index contributed by atoms with van der Waals surface area (Å²) in [5, 5.41) is 3.16. The van der Waals surface area contributed by atoms with Crippen LogP contribution in [0.2, 0.25) is 10.0 Å². The topological polar surface area (TPSA) is 41.5 Å². The molecule has 0 atom stereocenters. The number of nitrogens with one attached hydrogen (secondary N) is 1. The van der Waals surface area contributed by atoms with E-state index in [0.717, 1.165) is 0 Å². The SMILES string of the molecule is Cc1cc(Cl)cc(Cl)c1NN=C(Cl)C(=O)CC(F)(F)F. The van der Waals surface area contributed by atoms with E-state index in [2.05, 4.69) is 10.5 Å². The van der Waals surface area contributed by atoms with Crippen LogP contribution in [0.3, 0.4) is 0 Å². The van der Waals surface area contributed by atoms with E-state index in [1.165, 1.54) is 6.07 Å². The van der Waals surface area contributed by atoms with Crippen LogP contribution in [0.25, 0.3) is 0 Å². The Labute approximate surface area is 127 Å². The summed E-state index contributed by atoms with van der Waals surface area (Å²) in [6.45, 7) is 1.65. The van der Waals surface area contributed by atoms with E-state index in [1.807, 2.05) is 0 Å². The number of aryl methyl sites for hydroxylation is 1. The fourth-order valence-corrected chi connectivity index (χ4v) is 2.01. The van der Waals surface area contributed by atoms with Crippen LogP contribution in [0, 0.1) is 6.92 Å². The highest BCUT2D eigenvalue weighted by atomic mass is 35.5. The van der Waals surface area contributed by atoms with E-state index in [1.54, 1.807) is 13.0 Å². The molecule has 0 bridgehead atoms. The molecule has 0 saturated carbocycles. The van der Waals surface area contributed by atoms with Gasteiger partial charge in [-0.15, -0.1) is 0 Å². The number of nitrogens with zero attached hydrogens (tertiary/aromatic N) is 1. The van der Waals surface area contributed by atoms with Gasteiger partial charge in [0.2, 0.25) is 5.78 Å². The molecule has 1 rings (SSSR count). The summed E-state index contributed by atoms with van der Waals surface area (Å²) >= 11 is 17.0. The van der Waals surface area contributed by atoms with E-state index in [4.69, 9.17) is 34.8 Å². The van der Waals surface area contributed by atoms with Crippen LogP contribution in [0.4, 0.5) is 18.9 Å². The third-order valence-corrected chi connectivity index (χ3v) is 2.92. The molecule has 0 spiro atoms. The van der Waals surface area contributed by atoms with Gasteiger partial charge in [0.1, 0.15) is 6.42 Å². The minimum Gasteiger partial charge on any atom is -0.291 e. The van der Waals surface area contributed by atoms with Gasteiger partial charge in [-0.1, -0.05) is 34.8 Å². The summed E-state index contributed by atoms with van der Waals surface area (Å²) < 4.78 is 36.0. The minimum absolute atomic E-state index is 0.200. The van der Waals surface area contributed by atoms with E-state index in [-0.39, 0.29) is 5.02 Å². The molecule has 3 nitrogen and oxygen atoms in total. The van der Waals surface area contributed by atoms with Crippen molar-refractivity contribution in [3.8, 4) is 0 Å². The maximum absolute atomic E-state index is 12.0. The number of hydrogen-bond acceptors (Lipinski definition) is 3. The fraction of sp³-hybridized carbons (Fsp3) is 0.273. The molecular formula is C11H8Cl3F3N2O. The number of ketones is 1. The van der Waals surface area contributed by atoms with Crippen molar-refractivity contribution in [1.82, 2.24) is 0 Å². The number of benzene rings is 1. The smallest absolute Gasteiger partial charge is 0.291 e. The number of hydrogen-bond donors (Lipinski definition) is 1. The van der Waals surface area contributed by atoms with Gasteiger partial charge in [-0.3, -0.25) is 10.2 Å². The van der Waals surface area contributed by atoms with Gasteiger partial charge in [-0.25, -0.2) is 0 Å². The van der Waals surface area contributed by atoms with Gasteiger partial charge in [-0.2, -0.15) is 18.3 Å². The summed E-state index contributed by atoms with van der Waals surface area (Å²) in [5.41, 5.74) is 3.25. The van der Waals surface area contributed by atoms with Gasteiger partial charge in [-0.05, 0) is 24.6 Å². The number of anilines is 1. The second kappa shape index (κ2) is 6.65. The molecule has 0 aliphatic heterocycles. The Bertz CT molecular complexity index is 535. The predicted molar refractivity (Wildman–Crippen MR) is 73.8 cm³/mol. The summed E-state index contributed by atoms with van der Waals surface area (Å²) in [6, 6.07) is 2.98. The molecule has 0 aromatic heterocycles. The molecular weight excluding hydrogens is 339 g/mol. The van der Waals surface area contributed by atoms with Crippen molar-refractivity contribution < 1.29 is 18.0 Å². The quantitative estimate of drug-likeness (QED) is 0.628. The first-order valence-electron chi connectivity index (χ1n) is 5.15. The Kier molecular flexibility index (Phi) is 5.68. The van der Waals surface area contributed by atoms with E-state index in [9.17, 15) is 18.0 Å². The molecule has 9 heteroatoms. The van der Waals surface area contributed by atoms with Crippen molar-refractivity contribution in [2.45, 2.75) is 19.5 Å². The average Bonchev–Trinajstić information content (AvgIpc) is 2.24. The lowest BCUT2D eigenvalue weighted by molar-refractivity contribution is -0.147. The molecule has 0 aliphatic rings. The number of rotatable bonds is 4. The van der Waals surface area contributed by atoms with Gasteiger partial charge < -0.3 is 0 Å². The van der Waals surface area contributed by atoms with Crippen molar-refractivity contribution in [3.63, 3.8) is 0 Å². The third-order valence-electron chi connectivity index (χ3n) is 2.11. The van der Waals surface area contributed by atoms with Gasteiger partial charge in [0.25, 0.3) is 0 Å². The van der Waals surface area contributed by atoms with Crippen LogP contribution in [0.1, 0.15) is 12.0 Å². The first kappa shape index (κ1) is 17.1. The predicted octanol–water partition coefficient (Wildman–Crippen LogP) is 4.79. The largest absolute Gasteiger partial charge is 0.396 e. The molecule has 0 saturated heterocycles. The molecule has 0 radical (unpaired) electrons. The number of carbonyl (C=O) groups is 1. The lowest BCUT2D eigenvalue weighted by Gasteiger charge is -2.09. The van der Waals surface area contributed by atoms with Gasteiger partial charge in [0.05, 0.1) is 10.7 Å².